The quantitative estimate of drug-likeness (QED) is 0.616. The Balaban J connectivity index is 1.88. The van der Waals surface area contributed by atoms with Crippen LogP contribution in [0.5, 0.6) is 0 Å². The molecule has 162 valence electrons. The zero-order valence-electron chi connectivity index (χ0n) is 18.0. The third-order valence-electron chi connectivity index (χ3n) is 5.42. The second-order valence-corrected chi connectivity index (χ2v) is 8.72. The van der Waals surface area contributed by atoms with E-state index < -0.39 is 17.5 Å². The van der Waals surface area contributed by atoms with Crippen LogP contribution in [-0.2, 0) is 10.2 Å². The van der Waals surface area contributed by atoms with Crippen molar-refractivity contribution in [3.63, 3.8) is 0 Å². The first-order chi connectivity index (χ1) is 14.7. The van der Waals surface area contributed by atoms with Crippen LogP contribution < -0.4 is 0 Å². The Hall–Kier alpha value is -3.03. The molecule has 31 heavy (non-hydrogen) atoms. The summed E-state index contributed by atoms with van der Waals surface area (Å²) >= 11 is 0. The van der Waals surface area contributed by atoms with E-state index in [1.165, 1.54) is 24.3 Å². The van der Waals surface area contributed by atoms with Crippen LogP contribution in [0.1, 0.15) is 49.3 Å². The maximum absolute atomic E-state index is 13.4. The minimum Gasteiger partial charge on any atom is -0.364 e. The third kappa shape index (κ3) is 3.98. The van der Waals surface area contributed by atoms with Crippen molar-refractivity contribution in [3.8, 4) is 0 Å². The summed E-state index contributed by atoms with van der Waals surface area (Å²) in [7, 11) is 0. The Morgan fingerprint density at radius 1 is 1.26 bits per heavy atom. The molecular formula is C24H26FN3O3. The highest BCUT2D eigenvalue weighted by molar-refractivity contribution is 5.97. The maximum Gasteiger partial charge on any atom is 0.257 e. The van der Waals surface area contributed by atoms with Gasteiger partial charge in [-0.1, -0.05) is 13.8 Å². The molecule has 7 heteroatoms. The highest BCUT2D eigenvalue weighted by atomic mass is 19.1. The molecule has 0 spiro atoms. The summed E-state index contributed by atoms with van der Waals surface area (Å²) in [5, 5.41) is 11.8. The van der Waals surface area contributed by atoms with Crippen molar-refractivity contribution in [1.29, 1.82) is 0 Å². The van der Waals surface area contributed by atoms with Gasteiger partial charge in [0.25, 0.3) is 5.91 Å². The summed E-state index contributed by atoms with van der Waals surface area (Å²) in [6.45, 7) is 8.11. The molecule has 3 heterocycles. The molecule has 6 nitrogen and oxygen atoms in total. The number of fused-ring (bicyclic) bond motifs is 3. The first kappa shape index (κ1) is 21.2. The number of aromatic nitrogens is 2. The van der Waals surface area contributed by atoms with Gasteiger partial charge in [0.15, 0.2) is 6.29 Å². The number of amides is 1. The Morgan fingerprint density at radius 2 is 1.97 bits per heavy atom. The molecule has 2 aromatic heterocycles. The van der Waals surface area contributed by atoms with Crippen LogP contribution in [0, 0.1) is 5.82 Å². The van der Waals surface area contributed by atoms with Crippen molar-refractivity contribution in [2.45, 2.75) is 45.5 Å². The molecule has 0 saturated carbocycles. The van der Waals surface area contributed by atoms with E-state index >= 15 is 0 Å². The molecule has 1 aromatic carbocycles. The first-order valence-electron chi connectivity index (χ1n) is 10.3. The van der Waals surface area contributed by atoms with Gasteiger partial charge in [-0.15, -0.1) is 0 Å². The van der Waals surface area contributed by atoms with E-state index in [-0.39, 0.29) is 12.0 Å². The number of nitrogens with zero attached hydrogens (tertiary/aromatic N) is 2. The smallest absolute Gasteiger partial charge is 0.257 e. The standard InChI is InChI=1S/C24H26FN3O3/c1-14(2)31-23(30)18-12-28(22(29)15-7-9-16(25)10-8-15)13-24(3,4)19-17-6-5-11-26-21(17)27-20(18)19/h5-12,14,23,30H,13H2,1-4H3,(H,26,27). The molecule has 4 rings (SSSR count). The van der Waals surface area contributed by atoms with Gasteiger partial charge in [0.05, 0.1) is 11.8 Å². The Morgan fingerprint density at radius 3 is 2.65 bits per heavy atom. The predicted molar refractivity (Wildman–Crippen MR) is 117 cm³/mol. The zero-order valence-corrected chi connectivity index (χ0v) is 18.0. The second-order valence-electron chi connectivity index (χ2n) is 8.72. The van der Waals surface area contributed by atoms with Gasteiger partial charge >= 0.3 is 0 Å². The van der Waals surface area contributed by atoms with Crippen molar-refractivity contribution in [2.75, 3.05) is 6.54 Å². The lowest BCUT2D eigenvalue weighted by molar-refractivity contribution is -0.0859. The van der Waals surface area contributed by atoms with Crippen molar-refractivity contribution in [1.82, 2.24) is 14.9 Å². The molecule has 0 saturated heterocycles. The van der Waals surface area contributed by atoms with E-state index in [9.17, 15) is 14.3 Å². The lowest BCUT2D eigenvalue weighted by Crippen LogP contribution is -2.37. The monoisotopic (exact) mass is 423 g/mol. The van der Waals surface area contributed by atoms with E-state index in [4.69, 9.17) is 4.74 Å². The second kappa shape index (κ2) is 7.90. The number of carbonyl (C=O) groups excluding carboxylic acids is 1. The Labute approximate surface area is 180 Å². The fourth-order valence-corrected chi connectivity index (χ4v) is 4.13. The molecule has 1 aliphatic heterocycles. The number of H-pyrrole nitrogens is 1. The van der Waals surface area contributed by atoms with Crippen molar-refractivity contribution >= 4 is 22.5 Å². The molecule has 2 N–H and O–H groups in total. The zero-order chi connectivity index (χ0) is 22.3. The molecular weight excluding hydrogens is 397 g/mol. The van der Waals surface area contributed by atoms with Crippen molar-refractivity contribution in [3.05, 3.63) is 71.4 Å². The van der Waals surface area contributed by atoms with E-state index in [1.807, 2.05) is 39.8 Å². The van der Waals surface area contributed by atoms with Gasteiger partial charge in [-0.25, -0.2) is 9.37 Å². The van der Waals surface area contributed by atoms with E-state index in [0.717, 1.165) is 10.9 Å². The van der Waals surface area contributed by atoms with Crippen LogP contribution in [0.15, 0.2) is 48.8 Å². The van der Waals surface area contributed by atoms with Crippen LogP contribution in [0.2, 0.25) is 0 Å². The van der Waals surface area contributed by atoms with Gasteiger partial charge in [0, 0.05) is 40.9 Å². The molecule has 1 unspecified atom stereocenters. The fourth-order valence-electron chi connectivity index (χ4n) is 4.13. The lowest BCUT2D eigenvalue weighted by Gasteiger charge is -2.29. The number of hydrogen-bond acceptors (Lipinski definition) is 4. The number of rotatable bonds is 4. The summed E-state index contributed by atoms with van der Waals surface area (Å²) < 4.78 is 19.0. The number of pyridine rings is 1. The average molecular weight is 423 g/mol. The largest absolute Gasteiger partial charge is 0.364 e. The molecule has 1 amide bonds. The lowest BCUT2D eigenvalue weighted by atomic mass is 9.82. The molecule has 1 atom stereocenters. The minimum atomic E-state index is -1.25. The van der Waals surface area contributed by atoms with E-state index in [0.29, 0.717) is 29.0 Å². The van der Waals surface area contributed by atoms with Crippen molar-refractivity contribution in [2.24, 2.45) is 0 Å². The van der Waals surface area contributed by atoms with Crippen LogP contribution in [0.4, 0.5) is 4.39 Å². The number of nitrogens with one attached hydrogen (secondary N) is 1. The average Bonchev–Trinajstić information content (AvgIpc) is 3.05. The van der Waals surface area contributed by atoms with Crippen LogP contribution in [-0.4, -0.2) is 44.8 Å². The number of aliphatic hydroxyl groups is 1. The minimum absolute atomic E-state index is 0.223. The van der Waals surface area contributed by atoms with Gasteiger partial charge < -0.3 is 19.7 Å². The number of halogens is 1. The highest BCUT2D eigenvalue weighted by Gasteiger charge is 2.37. The van der Waals surface area contributed by atoms with Gasteiger partial charge in [0.2, 0.25) is 0 Å². The predicted octanol–water partition coefficient (Wildman–Crippen LogP) is 4.22. The summed E-state index contributed by atoms with van der Waals surface area (Å²) in [5.41, 5.74) is 2.71. The number of aromatic amines is 1. The Kier molecular flexibility index (Phi) is 5.41. The third-order valence-corrected chi connectivity index (χ3v) is 5.42. The molecule has 0 fully saturated rings. The number of hydrogen-bond donors (Lipinski definition) is 2. The Bertz CT molecular complexity index is 1150. The summed E-state index contributed by atoms with van der Waals surface area (Å²) in [5.74, 6) is -0.686. The number of benzene rings is 1. The molecule has 0 radical (unpaired) electrons. The summed E-state index contributed by atoms with van der Waals surface area (Å²) in [6, 6.07) is 9.29. The number of carbonyl (C=O) groups is 1. The fraction of sp³-hybridized carbons (Fsp3) is 0.333. The number of ether oxygens (including phenoxy) is 1. The van der Waals surface area contributed by atoms with Gasteiger partial charge in [-0.05, 0) is 55.8 Å². The number of aliphatic hydroxyl groups excluding tert-OH is 1. The topological polar surface area (TPSA) is 78.5 Å². The maximum atomic E-state index is 13.4. The van der Waals surface area contributed by atoms with E-state index in [2.05, 4.69) is 9.97 Å². The molecule has 3 aromatic rings. The molecule has 1 aliphatic rings. The summed E-state index contributed by atoms with van der Waals surface area (Å²) in [6.07, 6.45) is 1.87. The normalized spacial score (nSPS) is 16.7. The van der Waals surface area contributed by atoms with Gasteiger partial charge in [0.1, 0.15) is 11.5 Å². The van der Waals surface area contributed by atoms with Gasteiger partial charge in [-0.2, -0.15) is 0 Å². The SMILES string of the molecule is CC(C)OC(O)C1=CN(C(=O)c2ccc(F)cc2)CC(C)(C)c2c1[nH]c1ncccc21. The van der Waals surface area contributed by atoms with Crippen LogP contribution in [0.25, 0.3) is 16.6 Å². The molecule has 0 aliphatic carbocycles. The molecule has 0 bridgehead atoms. The van der Waals surface area contributed by atoms with Gasteiger partial charge in [-0.3, -0.25) is 4.79 Å². The van der Waals surface area contributed by atoms with Crippen molar-refractivity contribution < 1.29 is 19.0 Å². The van der Waals surface area contributed by atoms with E-state index in [1.54, 1.807) is 17.3 Å². The van der Waals surface area contributed by atoms with Crippen LogP contribution in [0.3, 0.4) is 0 Å². The first-order valence-corrected chi connectivity index (χ1v) is 10.3. The summed E-state index contributed by atoms with van der Waals surface area (Å²) in [4.78, 5) is 22.6. The highest BCUT2D eigenvalue weighted by Crippen LogP contribution is 2.40. The van der Waals surface area contributed by atoms with Crippen LogP contribution >= 0.6 is 0 Å².